The lowest BCUT2D eigenvalue weighted by Gasteiger charge is -2.18. The fraction of sp³-hybridized carbons (Fsp3) is 0.875. The van der Waals surface area contributed by atoms with E-state index in [4.69, 9.17) is 14.2 Å². The second-order valence-electron chi connectivity index (χ2n) is 23.8. The molecule has 0 amide bonds. The van der Waals surface area contributed by atoms with Crippen molar-refractivity contribution in [2.45, 2.75) is 393 Å². The molecule has 6 nitrogen and oxygen atoms in total. The first kappa shape index (κ1) is 75.6. The molecule has 0 bridgehead atoms. The standard InChI is InChI=1S/C72H134O6/c1-4-7-10-13-16-19-21-23-25-27-29-31-33-34-35-36-37-38-39-41-42-44-46-48-50-53-56-59-62-65-71(74)77-68-69(67-76-70(73)64-61-58-55-52-18-15-12-9-6-3)78-72(75)66-63-60-57-54-51-49-47-45-43-40-32-30-28-26-24-22-20-17-14-11-8-5-2/h21,23,27,29,33-34,69H,4-20,22,24-26,28,30-32,35-68H2,1-3H3/b23-21-,29-27-,34-33-. The normalized spacial score (nSPS) is 12.2. The zero-order valence-electron chi connectivity index (χ0n) is 52.7. The molecule has 0 heterocycles. The van der Waals surface area contributed by atoms with Gasteiger partial charge in [0.25, 0.3) is 0 Å². The summed E-state index contributed by atoms with van der Waals surface area (Å²) in [5.41, 5.74) is 0. The zero-order chi connectivity index (χ0) is 56.4. The third kappa shape index (κ3) is 64.5. The highest BCUT2D eigenvalue weighted by molar-refractivity contribution is 5.71. The third-order valence-electron chi connectivity index (χ3n) is 15.9. The molecule has 6 heteroatoms. The van der Waals surface area contributed by atoms with Crippen molar-refractivity contribution in [2.24, 2.45) is 0 Å². The van der Waals surface area contributed by atoms with Crippen LogP contribution >= 0.6 is 0 Å². The number of allylic oxidation sites excluding steroid dienone is 6. The second-order valence-corrected chi connectivity index (χ2v) is 23.8. The van der Waals surface area contributed by atoms with Crippen molar-refractivity contribution < 1.29 is 28.6 Å². The van der Waals surface area contributed by atoms with Crippen LogP contribution in [0.4, 0.5) is 0 Å². The molecule has 0 N–H and O–H groups in total. The fourth-order valence-electron chi connectivity index (χ4n) is 10.6. The number of carbonyl (C=O) groups excluding carboxylic acids is 3. The molecule has 0 aliphatic carbocycles. The highest BCUT2D eigenvalue weighted by atomic mass is 16.6. The first-order valence-electron chi connectivity index (χ1n) is 35.0. The van der Waals surface area contributed by atoms with Gasteiger partial charge in [-0.1, -0.05) is 346 Å². The molecule has 0 spiro atoms. The van der Waals surface area contributed by atoms with E-state index in [2.05, 4.69) is 57.2 Å². The van der Waals surface area contributed by atoms with Crippen molar-refractivity contribution in [1.82, 2.24) is 0 Å². The molecule has 0 saturated heterocycles. The molecule has 458 valence electrons. The van der Waals surface area contributed by atoms with E-state index in [1.54, 1.807) is 0 Å². The summed E-state index contributed by atoms with van der Waals surface area (Å²) in [5, 5.41) is 0. The van der Waals surface area contributed by atoms with Crippen molar-refractivity contribution in [2.75, 3.05) is 13.2 Å². The Morgan fingerprint density at radius 3 is 0.718 bits per heavy atom. The van der Waals surface area contributed by atoms with Crippen LogP contribution < -0.4 is 0 Å². The van der Waals surface area contributed by atoms with E-state index < -0.39 is 6.10 Å². The minimum atomic E-state index is -0.767. The van der Waals surface area contributed by atoms with Gasteiger partial charge in [0.15, 0.2) is 6.10 Å². The first-order chi connectivity index (χ1) is 38.5. The van der Waals surface area contributed by atoms with Gasteiger partial charge in [-0.25, -0.2) is 0 Å². The molecule has 0 radical (unpaired) electrons. The van der Waals surface area contributed by atoms with Gasteiger partial charge in [0.2, 0.25) is 0 Å². The van der Waals surface area contributed by atoms with Crippen LogP contribution in [0.15, 0.2) is 36.5 Å². The Hall–Kier alpha value is -2.37. The van der Waals surface area contributed by atoms with Gasteiger partial charge < -0.3 is 14.2 Å². The summed E-state index contributed by atoms with van der Waals surface area (Å²) in [6, 6.07) is 0. The topological polar surface area (TPSA) is 78.9 Å². The van der Waals surface area contributed by atoms with E-state index in [0.29, 0.717) is 19.3 Å². The van der Waals surface area contributed by atoms with Crippen molar-refractivity contribution in [3.05, 3.63) is 36.5 Å². The first-order valence-corrected chi connectivity index (χ1v) is 35.0. The molecule has 0 saturated carbocycles. The molecule has 0 rings (SSSR count). The van der Waals surface area contributed by atoms with Crippen molar-refractivity contribution in [1.29, 1.82) is 0 Å². The average molecular weight is 1100 g/mol. The number of esters is 3. The Bertz CT molecular complexity index is 1300. The molecule has 0 aliphatic heterocycles. The Balaban J connectivity index is 4.10. The summed E-state index contributed by atoms with van der Waals surface area (Å²) in [6.45, 7) is 6.68. The summed E-state index contributed by atoms with van der Waals surface area (Å²) in [4.78, 5) is 38.3. The van der Waals surface area contributed by atoms with Crippen molar-refractivity contribution >= 4 is 17.9 Å². The maximum Gasteiger partial charge on any atom is 0.306 e. The van der Waals surface area contributed by atoms with Crippen LogP contribution in [-0.2, 0) is 28.6 Å². The fourth-order valence-corrected chi connectivity index (χ4v) is 10.6. The Morgan fingerprint density at radius 1 is 0.256 bits per heavy atom. The predicted molar refractivity (Wildman–Crippen MR) is 339 cm³/mol. The molecule has 0 aromatic heterocycles. The number of hydrogen-bond donors (Lipinski definition) is 0. The number of hydrogen-bond acceptors (Lipinski definition) is 6. The van der Waals surface area contributed by atoms with Crippen LogP contribution in [0, 0.1) is 0 Å². The highest BCUT2D eigenvalue weighted by Crippen LogP contribution is 2.18. The summed E-state index contributed by atoms with van der Waals surface area (Å²) < 4.78 is 16.9. The number of rotatable bonds is 65. The number of ether oxygens (including phenoxy) is 3. The van der Waals surface area contributed by atoms with Gasteiger partial charge in [-0.05, 0) is 57.8 Å². The zero-order valence-corrected chi connectivity index (χ0v) is 52.7. The van der Waals surface area contributed by atoms with E-state index in [1.165, 1.54) is 276 Å². The van der Waals surface area contributed by atoms with Crippen molar-refractivity contribution in [3.63, 3.8) is 0 Å². The molecule has 0 aromatic carbocycles. The maximum atomic E-state index is 12.9. The van der Waals surface area contributed by atoms with Gasteiger partial charge in [-0.15, -0.1) is 0 Å². The maximum absolute atomic E-state index is 12.9. The summed E-state index contributed by atoms with van der Waals surface area (Å²) in [6.07, 6.45) is 83.3. The van der Waals surface area contributed by atoms with E-state index >= 15 is 0 Å². The van der Waals surface area contributed by atoms with Crippen LogP contribution in [0.1, 0.15) is 387 Å². The lowest BCUT2D eigenvalue weighted by molar-refractivity contribution is -0.167. The number of unbranched alkanes of at least 4 members (excludes halogenated alkanes) is 48. The lowest BCUT2D eigenvalue weighted by atomic mass is 10.0. The highest BCUT2D eigenvalue weighted by Gasteiger charge is 2.19. The van der Waals surface area contributed by atoms with Crippen molar-refractivity contribution in [3.8, 4) is 0 Å². The SMILES string of the molecule is CCCCCCC/C=C\C/C=C\C/C=C\CCCCCCCCCCCCCCCCC(=O)OCC(COC(=O)CCCCCCCCCCC)OC(=O)CCCCCCCCCCCCCCCCCCCCCCCC. The monoisotopic (exact) mass is 1100 g/mol. The lowest BCUT2D eigenvalue weighted by Crippen LogP contribution is -2.30. The molecule has 0 fully saturated rings. The average Bonchev–Trinajstić information content (AvgIpc) is 3.44. The molecule has 78 heavy (non-hydrogen) atoms. The summed E-state index contributed by atoms with van der Waals surface area (Å²) >= 11 is 0. The van der Waals surface area contributed by atoms with E-state index in [1.807, 2.05) is 0 Å². The Morgan fingerprint density at radius 2 is 0.462 bits per heavy atom. The van der Waals surface area contributed by atoms with Crippen LogP contribution in [0.25, 0.3) is 0 Å². The summed E-state index contributed by atoms with van der Waals surface area (Å²) in [5.74, 6) is -0.841. The Labute approximate surface area is 486 Å². The smallest absolute Gasteiger partial charge is 0.306 e. The molecule has 0 aliphatic rings. The predicted octanol–water partition coefficient (Wildman–Crippen LogP) is 23.9. The van der Waals surface area contributed by atoms with Gasteiger partial charge in [0, 0.05) is 19.3 Å². The van der Waals surface area contributed by atoms with Crippen LogP contribution in [0.5, 0.6) is 0 Å². The largest absolute Gasteiger partial charge is 0.462 e. The van der Waals surface area contributed by atoms with Crippen LogP contribution in [0.2, 0.25) is 0 Å². The number of carbonyl (C=O) groups is 3. The van der Waals surface area contributed by atoms with Crippen LogP contribution in [0.3, 0.4) is 0 Å². The molecular formula is C72H134O6. The molecule has 0 aromatic rings. The van der Waals surface area contributed by atoms with Gasteiger partial charge >= 0.3 is 17.9 Å². The van der Waals surface area contributed by atoms with E-state index in [9.17, 15) is 14.4 Å². The molecule has 1 atom stereocenters. The molecule has 1 unspecified atom stereocenters. The van der Waals surface area contributed by atoms with Gasteiger partial charge in [0.05, 0.1) is 0 Å². The van der Waals surface area contributed by atoms with Gasteiger partial charge in [-0.2, -0.15) is 0 Å². The van der Waals surface area contributed by atoms with E-state index in [-0.39, 0.29) is 31.1 Å². The van der Waals surface area contributed by atoms with Gasteiger partial charge in [0.1, 0.15) is 13.2 Å². The second kappa shape index (κ2) is 67.1. The van der Waals surface area contributed by atoms with Gasteiger partial charge in [-0.3, -0.25) is 14.4 Å². The summed E-state index contributed by atoms with van der Waals surface area (Å²) in [7, 11) is 0. The minimum Gasteiger partial charge on any atom is -0.462 e. The molecular weight excluding hydrogens is 961 g/mol. The van der Waals surface area contributed by atoms with E-state index in [0.717, 1.165) is 70.6 Å². The van der Waals surface area contributed by atoms with Crippen LogP contribution in [-0.4, -0.2) is 37.2 Å². The minimum absolute atomic E-state index is 0.0660. The Kier molecular flexibility index (Phi) is 65.1. The third-order valence-corrected chi connectivity index (χ3v) is 15.9. The quantitative estimate of drug-likeness (QED) is 0.0261.